The summed E-state index contributed by atoms with van der Waals surface area (Å²) in [4.78, 5) is 24.2. The van der Waals surface area contributed by atoms with Crippen LogP contribution in [0.1, 0.15) is 44.5 Å². The molecule has 5 nitrogen and oxygen atoms in total. The molecule has 0 radical (unpaired) electrons. The van der Waals surface area contributed by atoms with E-state index in [1.165, 1.54) is 0 Å². The Balaban J connectivity index is 2.93. The number of anilines is 1. The van der Waals surface area contributed by atoms with Gasteiger partial charge in [0.2, 0.25) is 5.91 Å². The third-order valence-corrected chi connectivity index (χ3v) is 3.89. The molecule has 1 atom stereocenters. The molecule has 0 saturated carbocycles. The second-order valence-electron chi connectivity index (χ2n) is 6.17. The van der Waals surface area contributed by atoms with Crippen LogP contribution in [0.15, 0.2) is 18.2 Å². The molecule has 1 aromatic rings. The van der Waals surface area contributed by atoms with Gasteiger partial charge in [0, 0.05) is 24.3 Å². The summed E-state index contributed by atoms with van der Waals surface area (Å²) in [6, 6.07) is 4.67. The van der Waals surface area contributed by atoms with E-state index in [-0.39, 0.29) is 36.3 Å². The number of hydrogen-bond acceptors (Lipinski definition) is 3. The van der Waals surface area contributed by atoms with Gasteiger partial charge in [-0.1, -0.05) is 39.3 Å². The van der Waals surface area contributed by atoms with Gasteiger partial charge in [0.05, 0.1) is 10.6 Å². The molecule has 0 aliphatic rings. The number of benzene rings is 1. The van der Waals surface area contributed by atoms with E-state index in [0.717, 1.165) is 0 Å². The highest BCUT2D eigenvalue weighted by atomic mass is 35.5. The largest absolute Gasteiger partial charge is 0.396 e. The van der Waals surface area contributed by atoms with E-state index >= 15 is 0 Å². The first-order valence-electron chi connectivity index (χ1n) is 7.78. The molecular formula is C17H25ClN2O3. The first kappa shape index (κ1) is 19.5. The summed E-state index contributed by atoms with van der Waals surface area (Å²) in [5.41, 5.74) is 0.832. The molecule has 6 heteroatoms. The van der Waals surface area contributed by atoms with Crippen LogP contribution < -0.4 is 10.6 Å². The van der Waals surface area contributed by atoms with Crippen molar-refractivity contribution in [2.45, 2.75) is 40.2 Å². The Hall–Kier alpha value is -1.59. The molecule has 0 aliphatic carbocycles. The van der Waals surface area contributed by atoms with E-state index in [4.69, 9.17) is 16.7 Å². The molecule has 0 heterocycles. The molecule has 1 rings (SSSR count). The quantitative estimate of drug-likeness (QED) is 0.713. The summed E-state index contributed by atoms with van der Waals surface area (Å²) in [5, 5.41) is 15.0. The minimum absolute atomic E-state index is 0.00133. The molecule has 0 fully saturated rings. The summed E-state index contributed by atoms with van der Waals surface area (Å²) in [7, 11) is 0. The second kappa shape index (κ2) is 8.89. The number of halogens is 1. The second-order valence-corrected chi connectivity index (χ2v) is 6.58. The van der Waals surface area contributed by atoms with Crippen molar-refractivity contribution in [1.82, 2.24) is 5.32 Å². The van der Waals surface area contributed by atoms with Crippen LogP contribution in [-0.4, -0.2) is 29.6 Å². The van der Waals surface area contributed by atoms with E-state index in [1.807, 2.05) is 13.8 Å². The summed E-state index contributed by atoms with van der Waals surface area (Å²) in [6.45, 7) is 7.53. The molecule has 1 unspecified atom stereocenters. The van der Waals surface area contributed by atoms with Crippen LogP contribution in [0.3, 0.4) is 0 Å². The highest BCUT2D eigenvalue weighted by Gasteiger charge is 2.19. The van der Waals surface area contributed by atoms with Crippen LogP contribution in [0, 0.1) is 11.8 Å². The maximum atomic E-state index is 12.4. The topological polar surface area (TPSA) is 78.4 Å². The Morgan fingerprint density at radius 2 is 1.87 bits per heavy atom. The molecule has 0 aromatic heterocycles. The molecule has 128 valence electrons. The maximum absolute atomic E-state index is 12.4. The predicted molar refractivity (Wildman–Crippen MR) is 92.7 cm³/mol. The van der Waals surface area contributed by atoms with Crippen molar-refractivity contribution in [2.24, 2.45) is 11.8 Å². The van der Waals surface area contributed by atoms with Crippen LogP contribution in [0.5, 0.6) is 0 Å². The lowest BCUT2D eigenvalue weighted by atomic mass is 10.0. The lowest BCUT2D eigenvalue weighted by molar-refractivity contribution is -0.118. The fourth-order valence-corrected chi connectivity index (χ4v) is 2.22. The Morgan fingerprint density at radius 1 is 1.22 bits per heavy atom. The van der Waals surface area contributed by atoms with E-state index < -0.39 is 0 Å². The number of aliphatic hydroxyl groups is 1. The number of rotatable bonds is 7. The molecule has 0 saturated heterocycles. The average Bonchev–Trinajstić information content (AvgIpc) is 2.48. The Bertz CT molecular complexity index is 559. The standard InChI is InChI=1S/C17H25ClN2O3/c1-10(2)15(7-8-21)20-17(23)13-9-12(5-6-14(13)18)19-16(22)11(3)4/h5-6,9-11,15,21H,7-8H2,1-4H3,(H,19,22)(H,20,23). The number of amides is 2. The van der Waals surface area contributed by atoms with Gasteiger partial charge in [0.25, 0.3) is 5.91 Å². The minimum atomic E-state index is -0.317. The zero-order chi connectivity index (χ0) is 17.6. The molecule has 0 aliphatic heterocycles. The lowest BCUT2D eigenvalue weighted by Crippen LogP contribution is -2.39. The SMILES string of the molecule is CC(C)C(=O)Nc1ccc(Cl)c(C(=O)NC(CCO)C(C)C)c1. The van der Waals surface area contributed by atoms with Gasteiger partial charge in [0.15, 0.2) is 0 Å². The molecule has 2 amide bonds. The number of carbonyl (C=O) groups is 2. The zero-order valence-electron chi connectivity index (χ0n) is 14.0. The molecule has 23 heavy (non-hydrogen) atoms. The van der Waals surface area contributed by atoms with E-state index in [9.17, 15) is 9.59 Å². The van der Waals surface area contributed by atoms with Crippen molar-refractivity contribution < 1.29 is 14.7 Å². The van der Waals surface area contributed by atoms with Gasteiger partial charge in [-0.15, -0.1) is 0 Å². The van der Waals surface area contributed by atoms with Gasteiger partial charge < -0.3 is 15.7 Å². The highest BCUT2D eigenvalue weighted by molar-refractivity contribution is 6.34. The summed E-state index contributed by atoms with van der Waals surface area (Å²) < 4.78 is 0. The van der Waals surface area contributed by atoms with Crippen molar-refractivity contribution in [3.63, 3.8) is 0 Å². The van der Waals surface area contributed by atoms with Crippen molar-refractivity contribution in [2.75, 3.05) is 11.9 Å². The number of aliphatic hydroxyl groups excluding tert-OH is 1. The van der Waals surface area contributed by atoms with E-state index in [0.29, 0.717) is 22.7 Å². The van der Waals surface area contributed by atoms with Crippen LogP contribution >= 0.6 is 11.6 Å². The number of carbonyl (C=O) groups excluding carboxylic acids is 2. The monoisotopic (exact) mass is 340 g/mol. The maximum Gasteiger partial charge on any atom is 0.253 e. The summed E-state index contributed by atoms with van der Waals surface area (Å²) >= 11 is 6.11. The molecule has 0 spiro atoms. The highest BCUT2D eigenvalue weighted by Crippen LogP contribution is 2.22. The third kappa shape index (κ3) is 5.84. The van der Waals surface area contributed by atoms with Gasteiger partial charge in [0.1, 0.15) is 0 Å². The Kier molecular flexibility index (Phi) is 7.52. The van der Waals surface area contributed by atoms with Crippen LogP contribution in [0.4, 0.5) is 5.69 Å². The number of nitrogens with one attached hydrogen (secondary N) is 2. The fraction of sp³-hybridized carbons (Fsp3) is 0.529. The average molecular weight is 341 g/mol. The van der Waals surface area contributed by atoms with Gasteiger partial charge in [-0.2, -0.15) is 0 Å². The molecular weight excluding hydrogens is 316 g/mol. The van der Waals surface area contributed by atoms with Gasteiger partial charge >= 0.3 is 0 Å². The normalized spacial score (nSPS) is 12.3. The summed E-state index contributed by atoms with van der Waals surface area (Å²) in [5.74, 6) is -0.409. The Morgan fingerprint density at radius 3 is 2.39 bits per heavy atom. The molecule has 1 aromatic carbocycles. The van der Waals surface area contributed by atoms with Crippen LogP contribution in [0.25, 0.3) is 0 Å². The fourth-order valence-electron chi connectivity index (χ4n) is 2.02. The first-order chi connectivity index (χ1) is 10.8. The van der Waals surface area contributed by atoms with Crippen molar-refractivity contribution in [3.05, 3.63) is 28.8 Å². The predicted octanol–water partition coefficient (Wildman–Crippen LogP) is 3.07. The van der Waals surface area contributed by atoms with E-state index in [1.54, 1.807) is 32.0 Å². The summed E-state index contributed by atoms with van der Waals surface area (Å²) in [6.07, 6.45) is 0.477. The van der Waals surface area contributed by atoms with Crippen molar-refractivity contribution in [1.29, 1.82) is 0 Å². The zero-order valence-corrected chi connectivity index (χ0v) is 14.8. The van der Waals surface area contributed by atoms with Gasteiger partial charge in [-0.05, 0) is 30.5 Å². The van der Waals surface area contributed by atoms with Crippen molar-refractivity contribution in [3.8, 4) is 0 Å². The van der Waals surface area contributed by atoms with Crippen LogP contribution in [-0.2, 0) is 4.79 Å². The molecule has 0 bridgehead atoms. The molecule has 3 N–H and O–H groups in total. The Labute approximate surface area is 142 Å². The third-order valence-electron chi connectivity index (χ3n) is 3.56. The minimum Gasteiger partial charge on any atom is -0.396 e. The lowest BCUT2D eigenvalue weighted by Gasteiger charge is -2.22. The van der Waals surface area contributed by atoms with Gasteiger partial charge in [-0.25, -0.2) is 0 Å². The van der Waals surface area contributed by atoms with Crippen molar-refractivity contribution >= 4 is 29.1 Å². The smallest absolute Gasteiger partial charge is 0.253 e. The first-order valence-corrected chi connectivity index (χ1v) is 8.16. The van der Waals surface area contributed by atoms with Gasteiger partial charge in [-0.3, -0.25) is 9.59 Å². The van der Waals surface area contributed by atoms with Crippen LogP contribution in [0.2, 0.25) is 5.02 Å². The number of hydrogen-bond donors (Lipinski definition) is 3. The van der Waals surface area contributed by atoms with E-state index in [2.05, 4.69) is 10.6 Å².